The number of nitrogens with zero attached hydrogens (tertiary/aromatic N) is 4. The van der Waals surface area contributed by atoms with Gasteiger partial charge in [-0.25, -0.2) is 14.3 Å². The summed E-state index contributed by atoms with van der Waals surface area (Å²) in [6.45, 7) is 4.12. The normalized spacial score (nSPS) is 15.2. The topological polar surface area (TPSA) is 52.7 Å². The van der Waals surface area contributed by atoms with Crippen LogP contribution in [0.2, 0.25) is 5.28 Å². The van der Waals surface area contributed by atoms with E-state index in [4.69, 9.17) is 11.6 Å². The van der Waals surface area contributed by atoms with Crippen molar-refractivity contribution in [2.75, 3.05) is 0 Å². The van der Waals surface area contributed by atoms with E-state index in [1.807, 2.05) is 10.8 Å². The molecule has 0 spiro atoms. The van der Waals surface area contributed by atoms with Gasteiger partial charge in [-0.1, -0.05) is 13.8 Å². The van der Waals surface area contributed by atoms with E-state index in [1.54, 1.807) is 16.8 Å². The SMILES string of the molecule is CC(C)c1cn(C2CC2)c(=O)n1-c1ccnc(Cl)n1. The Bertz CT molecular complexity index is 670. The maximum atomic E-state index is 12.5. The standard InChI is InChI=1S/C13H15ClN4O/c1-8(2)10-7-17(9-3-4-9)13(19)18(10)11-5-6-15-12(14)16-11/h5-9H,3-4H2,1-2H3. The quantitative estimate of drug-likeness (QED) is 0.811. The summed E-state index contributed by atoms with van der Waals surface area (Å²) in [6, 6.07) is 2.06. The summed E-state index contributed by atoms with van der Waals surface area (Å²) < 4.78 is 3.45. The zero-order valence-electron chi connectivity index (χ0n) is 10.9. The summed E-state index contributed by atoms with van der Waals surface area (Å²) in [6.07, 6.45) is 5.66. The molecule has 1 saturated carbocycles. The van der Waals surface area contributed by atoms with Gasteiger partial charge in [-0.2, -0.15) is 4.98 Å². The highest BCUT2D eigenvalue weighted by atomic mass is 35.5. The van der Waals surface area contributed by atoms with Crippen molar-refractivity contribution < 1.29 is 0 Å². The van der Waals surface area contributed by atoms with Crippen LogP contribution in [0.4, 0.5) is 0 Å². The van der Waals surface area contributed by atoms with Gasteiger partial charge < -0.3 is 0 Å². The van der Waals surface area contributed by atoms with E-state index < -0.39 is 0 Å². The van der Waals surface area contributed by atoms with Gasteiger partial charge in [0.15, 0.2) is 0 Å². The van der Waals surface area contributed by atoms with Crippen LogP contribution in [-0.4, -0.2) is 19.1 Å². The minimum Gasteiger partial charge on any atom is -0.296 e. The molecule has 2 aromatic rings. The fourth-order valence-electron chi connectivity index (χ4n) is 2.18. The highest BCUT2D eigenvalue weighted by Gasteiger charge is 2.28. The summed E-state index contributed by atoms with van der Waals surface area (Å²) >= 11 is 5.82. The number of aromatic nitrogens is 4. The molecule has 0 unspecified atom stereocenters. The van der Waals surface area contributed by atoms with E-state index >= 15 is 0 Å². The minimum absolute atomic E-state index is 0.0408. The fourth-order valence-corrected chi connectivity index (χ4v) is 2.33. The second-order valence-electron chi connectivity index (χ2n) is 5.15. The zero-order valence-corrected chi connectivity index (χ0v) is 11.6. The lowest BCUT2D eigenvalue weighted by Gasteiger charge is -2.08. The van der Waals surface area contributed by atoms with Gasteiger partial charge in [0.1, 0.15) is 5.82 Å². The first-order valence-electron chi connectivity index (χ1n) is 6.40. The molecule has 0 N–H and O–H groups in total. The van der Waals surface area contributed by atoms with Crippen molar-refractivity contribution in [3.05, 3.63) is 39.9 Å². The number of imidazole rings is 1. The van der Waals surface area contributed by atoms with Gasteiger partial charge >= 0.3 is 5.69 Å². The van der Waals surface area contributed by atoms with Crippen molar-refractivity contribution in [1.82, 2.24) is 19.1 Å². The highest BCUT2D eigenvalue weighted by molar-refractivity contribution is 6.28. The van der Waals surface area contributed by atoms with Crippen molar-refractivity contribution in [3.63, 3.8) is 0 Å². The molecule has 0 atom stereocenters. The van der Waals surface area contributed by atoms with Crippen molar-refractivity contribution >= 4 is 11.6 Å². The molecular weight excluding hydrogens is 264 g/mol. The van der Waals surface area contributed by atoms with E-state index in [2.05, 4.69) is 23.8 Å². The van der Waals surface area contributed by atoms with Crippen molar-refractivity contribution in [2.45, 2.75) is 38.6 Å². The van der Waals surface area contributed by atoms with Gasteiger partial charge in [-0.05, 0) is 30.4 Å². The Morgan fingerprint density at radius 3 is 2.74 bits per heavy atom. The molecular formula is C13H15ClN4O. The lowest BCUT2D eigenvalue weighted by atomic mass is 10.1. The largest absolute Gasteiger partial charge is 0.334 e. The Morgan fingerprint density at radius 2 is 2.16 bits per heavy atom. The average Bonchev–Trinajstić information content (AvgIpc) is 3.13. The van der Waals surface area contributed by atoms with Crippen molar-refractivity contribution in [3.8, 4) is 5.82 Å². The number of rotatable bonds is 3. The molecule has 3 rings (SSSR count). The van der Waals surface area contributed by atoms with Crippen LogP contribution >= 0.6 is 11.6 Å². The molecule has 0 bridgehead atoms. The first-order valence-corrected chi connectivity index (χ1v) is 6.78. The second kappa shape index (κ2) is 4.49. The van der Waals surface area contributed by atoms with Crippen LogP contribution in [0, 0.1) is 0 Å². The van der Waals surface area contributed by atoms with Gasteiger partial charge in [-0.15, -0.1) is 0 Å². The molecule has 0 amide bonds. The Labute approximate surface area is 115 Å². The average molecular weight is 279 g/mol. The van der Waals surface area contributed by atoms with E-state index in [-0.39, 0.29) is 16.9 Å². The van der Waals surface area contributed by atoms with Gasteiger partial charge in [0.2, 0.25) is 5.28 Å². The van der Waals surface area contributed by atoms with E-state index in [9.17, 15) is 4.79 Å². The van der Waals surface area contributed by atoms with Gasteiger partial charge in [0.25, 0.3) is 0 Å². The predicted octanol–water partition coefficient (Wildman–Crippen LogP) is 2.54. The molecule has 2 heterocycles. The molecule has 1 aliphatic rings. The molecule has 1 fully saturated rings. The summed E-state index contributed by atoms with van der Waals surface area (Å²) in [7, 11) is 0. The minimum atomic E-state index is -0.0408. The van der Waals surface area contributed by atoms with Gasteiger partial charge in [-0.3, -0.25) is 4.57 Å². The third kappa shape index (κ3) is 2.18. The Hall–Kier alpha value is -1.62. The van der Waals surface area contributed by atoms with Crippen LogP contribution in [0.15, 0.2) is 23.3 Å². The zero-order chi connectivity index (χ0) is 13.6. The molecule has 1 aliphatic carbocycles. The van der Waals surface area contributed by atoms with E-state index in [1.165, 1.54) is 0 Å². The molecule has 0 aliphatic heterocycles. The summed E-state index contributed by atoms with van der Waals surface area (Å²) in [5.41, 5.74) is 0.910. The van der Waals surface area contributed by atoms with Crippen LogP contribution in [0.25, 0.3) is 5.82 Å². The second-order valence-corrected chi connectivity index (χ2v) is 5.49. The van der Waals surface area contributed by atoms with Crippen molar-refractivity contribution in [1.29, 1.82) is 0 Å². The first kappa shape index (κ1) is 12.4. The molecule has 0 aromatic carbocycles. The van der Waals surface area contributed by atoms with Crippen LogP contribution < -0.4 is 5.69 Å². The third-order valence-corrected chi connectivity index (χ3v) is 3.50. The lowest BCUT2D eigenvalue weighted by Crippen LogP contribution is -2.24. The molecule has 100 valence electrons. The lowest BCUT2D eigenvalue weighted by molar-refractivity contribution is 0.690. The Balaban J connectivity index is 2.21. The van der Waals surface area contributed by atoms with Gasteiger partial charge in [0.05, 0.1) is 0 Å². The first-order chi connectivity index (χ1) is 9.08. The number of hydrogen-bond acceptors (Lipinski definition) is 3. The smallest absolute Gasteiger partial charge is 0.296 e. The molecule has 2 aromatic heterocycles. The third-order valence-electron chi connectivity index (χ3n) is 3.31. The maximum Gasteiger partial charge on any atom is 0.334 e. The van der Waals surface area contributed by atoms with Crippen LogP contribution in [0.5, 0.6) is 0 Å². The van der Waals surface area contributed by atoms with Crippen LogP contribution in [0.1, 0.15) is 44.3 Å². The van der Waals surface area contributed by atoms with Crippen LogP contribution in [-0.2, 0) is 0 Å². The Morgan fingerprint density at radius 1 is 1.42 bits per heavy atom. The van der Waals surface area contributed by atoms with Crippen molar-refractivity contribution in [2.24, 2.45) is 0 Å². The van der Waals surface area contributed by atoms with Crippen LogP contribution in [0.3, 0.4) is 0 Å². The Kier molecular flexibility index (Phi) is 2.93. The monoisotopic (exact) mass is 278 g/mol. The number of hydrogen-bond donors (Lipinski definition) is 0. The molecule has 0 radical (unpaired) electrons. The maximum absolute atomic E-state index is 12.5. The molecule has 5 nitrogen and oxygen atoms in total. The summed E-state index contributed by atoms with van der Waals surface area (Å²) in [5, 5.41) is 0.151. The number of halogens is 1. The molecule has 19 heavy (non-hydrogen) atoms. The van der Waals surface area contributed by atoms with E-state index in [0.717, 1.165) is 18.5 Å². The summed E-state index contributed by atoms with van der Waals surface area (Å²) in [4.78, 5) is 20.5. The molecule has 0 saturated heterocycles. The van der Waals surface area contributed by atoms with Gasteiger partial charge in [0, 0.05) is 30.2 Å². The fraction of sp³-hybridized carbons (Fsp3) is 0.462. The molecule has 6 heteroatoms. The summed E-state index contributed by atoms with van der Waals surface area (Å²) in [5.74, 6) is 0.773. The van der Waals surface area contributed by atoms with E-state index in [0.29, 0.717) is 11.9 Å². The predicted molar refractivity (Wildman–Crippen MR) is 73.0 cm³/mol. The highest BCUT2D eigenvalue weighted by Crippen LogP contribution is 2.34.